The lowest BCUT2D eigenvalue weighted by Crippen LogP contribution is -2.30. The lowest BCUT2D eigenvalue weighted by atomic mass is 10.1. The Bertz CT molecular complexity index is 665. The van der Waals surface area contributed by atoms with Crippen LogP contribution in [0.2, 0.25) is 0 Å². The summed E-state index contributed by atoms with van der Waals surface area (Å²) in [5.41, 5.74) is 1.14. The summed E-state index contributed by atoms with van der Waals surface area (Å²) >= 11 is 8.60. The Kier molecular flexibility index (Phi) is 6.61. The molecule has 0 atom stereocenters. The van der Waals surface area contributed by atoms with Crippen molar-refractivity contribution in [3.8, 4) is 11.5 Å². The van der Waals surface area contributed by atoms with Crippen LogP contribution in [0.1, 0.15) is 5.56 Å². The average Bonchev–Trinajstić information content (AvgIpc) is 2.56. The molecule has 7 heteroatoms. The quantitative estimate of drug-likeness (QED) is 0.731. The van der Waals surface area contributed by atoms with Crippen LogP contribution < -0.4 is 20.1 Å². The molecule has 0 fully saturated rings. The largest absolute Gasteiger partial charge is 0.493 e. The number of anilines is 1. The Balaban J connectivity index is 1.82. The van der Waals surface area contributed by atoms with Gasteiger partial charge in [-0.2, -0.15) is 0 Å². The monoisotopic (exact) mass is 395 g/mol. The van der Waals surface area contributed by atoms with Gasteiger partial charge in [0, 0.05) is 17.2 Å². The predicted molar refractivity (Wildman–Crippen MR) is 99.4 cm³/mol. The first-order valence-electron chi connectivity index (χ1n) is 6.99. The first kappa shape index (κ1) is 17.5. The number of hydrogen-bond acceptors (Lipinski definition) is 4. The van der Waals surface area contributed by atoms with Crippen molar-refractivity contribution in [1.29, 1.82) is 0 Å². The van der Waals surface area contributed by atoms with E-state index in [1.54, 1.807) is 20.4 Å². The molecule has 0 aliphatic carbocycles. The Labute approximate surface area is 149 Å². The Hall–Kier alpha value is -1.86. The molecule has 0 saturated carbocycles. The summed E-state index contributed by atoms with van der Waals surface area (Å²) in [5, 5.41) is 6.74. The molecule has 2 rings (SSSR count). The lowest BCUT2D eigenvalue weighted by Gasteiger charge is -2.11. The normalized spacial score (nSPS) is 10.0. The molecule has 23 heavy (non-hydrogen) atoms. The molecule has 0 saturated heterocycles. The van der Waals surface area contributed by atoms with Crippen LogP contribution in [0.4, 0.5) is 5.82 Å². The van der Waals surface area contributed by atoms with Gasteiger partial charge < -0.3 is 20.1 Å². The van der Waals surface area contributed by atoms with E-state index < -0.39 is 0 Å². The topological polar surface area (TPSA) is 55.4 Å². The first-order valence-corrected chi connectivity index (χ1v) is 8.20. The van der Waals surface area contributed by atoms with Gasteiger partial charge in [-0.25, -0.2) is 4.98 Å². The molecule has 0 unspecified atom stereocenters. The van der Waals surface area contributed by atoms with E-state index in [2.05, 4.69) is 31.5 Å². The number of benzene rings is 1. The summed E-state index contributed by atoms with van der Waals surface area (Å²) in [5.74, 6) is 2.16. The van der Waals surface area contributed by atoms with Crippen molar-refractivity contribution < 1.29 is 9.47 Å². The highest BCUT2D eigenvalue weighted by Crippen LogP contribution is 2.27. The van der Waals surface area contributed by atoms with Gasteiger partial charge >= 0.3 is 0 Å². The van der Waals surface area contributed by atoms with Crippen LogP contribution in [0, 0.1) is 0 Å². The standard InChI is InChI=1S/C16H18BrN3O2S/c1-21-13-5-3-11(9-14(13)22-2)7-8-18-16(23)20-15-6-4-12(17)10-19-15/h3-6,9-10H,7-8H2,1-2H3,(H2,18,19,20,23). The van der Waals surface area contributed by atoms with Crippen molar-refractivity contribution in [1.82, 2.24) is 10.3 Å². The van der Waals surface area contributed by atoms with Crippen molar-refractivity contribution >= 4 is 39.1 Å². The van der Waals surface area contributed by atoms with Crippen LogP contribution in [0.15, 0.2) is 41.0 Å². The third kappa shape index (κ3) is 5.37. The molecule has 0 radical (unpaired) electrons. The SMILES string of the molecule is COc1ccc(CCNC(=S)Nc2ccc(Br)cn2)cc1OC. The van der Waals surface area contributed by atoms with E-state index in [0.717, 1.165) is 28.0 Å². The van der Waals surface area contributed by atoms with Crippen molar-refractivity contribution in [3.05, 3.63) is 46.6 Å². The zero-order valence-electron chi connectivity index (χ0n) is 12.9. The molecule has 1 aromatic carbocycles. The highest BCUT2D eigenvalue weighted by atomic mass is 79.9. The number of hydrogen-bond donors (Lipinski definition) is 2. The maximum Gasteiger partial charge on any atom is 0.171 e. The van der Waals surface area contributed by atoms with Gasteiger partial charge in [0.1, 0.15) is 5.82 Å². The molecular weight excluding hydrogens is 378 g/mol. The maximum atomic E-state index is 5.30. The smallest absolute Gasteiger partial charge is 0.171 e. The number of nitrogens with one attached hydrogen (secondary N) is 2. The zero-order valence-corrected chi connectivity index (χ0v) is 15.3. The summed E-state index contributed by atoms with van der Waals surface area (Å²) < 4.78 is 11.5. The van der Waals surface area contributed by atoms with Crippen LogP contribution in [-0.4, -0.2) is 30.9 Å². The molecule has 122 valence electrons. The second kappa shape index (κ2) is 8.69. The third-order valence-corrected chi connectivity index (χ3v) is 3.83. The van der Waals surface area contributed by atoms with E-state index in [9.17, 15) is 0 Å². The summed E-state index contributed by atoms with van der Waals surface area (Å²) in [6.07, 6.45) is 2.53. The number of rotatable bonds is 6. The fourth-order valence-electron chi connectivity index (χ4n) is 1.97. The Morgan fingerprint density at radius 2 is 1.96 bits per heavy atom. The molecule has 0 spiro atoms. The minimum Gasteiger partial charge on any atom is -0.493 e. The van der Waals surface area contributed by atoms with Crippen LogP contribution in [0.25, 0.3) is 0 Å². The number of methoxy groups -OCH3 is 2. The van der Waals surface area contributed by atoms with Gasteiger partial charge in [0.15, 0.2) is 16.6 Å². The van der Waals surface area contributed by atoms with Gasteiger partial charge in [-0.1, -0.05) is 6.07 Å². The predicted octanol–water partition coefficient (Wildman–Crippen LogP) is 3.39. The van der Waals surface area contributed by atoms with Crippen molar-refractivity contribution in [3.63, 3.8) is 0 Å². The van der Waals surface area contributed by atoms with Gasteiger partial charge in [0.2, 0.25) is 0 Å². The molecule has 2 aromatic rings. The molecule has 0 amide bonds. The van der Waals surface area contributed by atoms with E-state index >= 15 is 0 Å². The van der Waals surface area contributed by atoms with Gasteiger partial charge in [-0.3, -0.25) is 0 Å². The maximum absolute atomic E-state index is 5.30. The number of halogens is 1. The minimum absolute atomic E-state index is 0.542. The lowest BCUT2D eigenvalue weighted by molar-refractivity contribution is 0.354. The fourth-order valence-corrected chi connectivity index (χ4v) is 2.41. The Morgan fingerprint density at radius 1 is 1.17 bits per heavy atom. The van der Waals surface area contributed by atoms with Crippen LogP contribution in [0.5, 0.6) is 11.5 Å². The van der Waals surface area contributed by atoms with Crippen LogP contribution in [-0.2, 0) is 6.42 Å². The zero-order chi connectivity index (χ0) is 16.7. The molecule has 0 bridgehead atoms. The molecule has 0 aliphatic rings. The number of aromatic nitrogens is 1. The first-order chi connectivity index (χ1) is 11.1. The van der Waals surface area contributed by atoms with Gasteiger partial charge in [0.05, 0.1) is 14.2 Å². The highest BCUT2D eigenvalue weighted by molar-refractivity contribution is 9.10. The molecule has 5 nitrogen and oxygen atoms in total. The van der Waals surface area contributed by atoms with E-state index in [1.807, 2.05) is 30.3 Å². The molecule has 1 aromatic heterocycles. The number of ether oxygens (including phenoxy) is 2. The highest BCUT2D eigenvalue weighted by Gasteiger charge is 2.05. The second-order valence-corrected chi connectivity index (χ2v) is 6.01. The van der Waals surface area contributed by atoms with Gasteiger partial charge in [0.25, 0.3) is 0 Å². The number of nitrogens with zero attached hydrogens (tertiary/aromatic N) is 1. The minimum atomic E-state index is 0.542. The van der Waals surface area contributed by atoms with Crippen molar-refractivity contribution in [2.75, 3.05) is 26.1 Å². The summed E-state index contributed by atoms with van der Waals surface area (Å²) in [6.45, 7) is 0.706. The van der Waals surface area contributed by atoms with Crippen molar-refractivity contribution in [2.45, 2.75) is 6.42 Å². The fraction of sp³-hybridized carbons (Fsp3) is 0.250. The van der Waals surface area contributed by atoms with Crippen molar-refractivity contribution in [2.24, 2.45) is 0 Å². The second-order valence-electron chi connectivity index (χ2n) is 4.68. The summed E-state index contributed by atoms with van der Waals surface area (Å²) in [7, 11) is 3.25. The van der Waals surface area contributed by atoms with Gasteiger partial charge in [-0.05, 0) is 64.4 Å². The van der Waals surface area contributed by atoms with Gasteiger partial charge in [-0.15, -0.1) is 0 Å². The van der Waals surface area contributed by atoms with E-state index in [0.29, 0.717) is 17.5 Å². The average molecular weight is 396 g/mol. The number of thiocarbonyl (C=S) groups is 1. The molecule has 0 aliphatic heterocycles. The molecule has 1 heterocycles. The van der Waals surface area contributed by atoms with E-state index in [1.165, 1.54) is 0 Å². The molecule has 2 N–H and O–H groups in total. The third-order valence-electron chi connectivity index (χ3n) is 3.12. The van der Waals surface area contributed by atoms with Crippen LogP contribution >= 0.6 is 28.1 Å². The van der Waals surface area contributed by atoms with E-state index in [-0.39, 0.29) is 0 Å². The van der Waals surface area contributed by atoms with Crippen LogP contribution in [0.3, 0.4) is 0 Å². The molecular formula is C16H18BrN3O2S. The Morgan fingerprint density at radius 3 is 2.61 bits per heavy atom. The number of pyridine rings is 1. The van der Waals surface area contributed by atoms with E-state index in [4.69, 9.17) is 21.7 Å². The summed E-state index contributed by atoms with van der Waals surface area (Å²) in [4.78, 5) is 4.21. The summed E-state index contributed by atoms with van der Waals surface area (Å²) in [6, 6.07) is 9.63.